The highest BCUT2D eigenvalue weighted by Crippen LogP contribution is 2.32. The van der Waals surface area contributed by atoms with E-state index in [1.807, 2.05) is 48.5 Å². The van der Waals surface area contributed by atoms with E-state index in [1.54, 1.807) is 30.8 Å². The fraction of sp³-hybridized carbons (Fsp3) is 0.227. The van der Waals surface area contributed by atoms with Gasteiger partial charge in [0.15, 0.2) is 5.54 Å². The van der Waals surface area contributed by atoms with Crippen molar-refractivity contribution in [3.05, 3.63) is 66.4 Å². The molecule has 2 heterocycles. The number of nitrogens with zero attached hydrogens (tertiary/aromatic N) is 1. The van der Waals surface area contributed by atoms with Crippen LogP contribution in [-0.4, -0.2) is 41.6 Å². The summed E-state index contributed by atoms with van der Waals surface area (Å²) in [7, 11) is 0. The number of urea groups is 1. The molecule has 7 nitrogen and oxygen atoms in total. The second-order valence-electron chi connectivity index (χ2n) is 7.11. The maximum atomic E-state index is 13.0. The van der Waals surface area contributed by atoms with Gasteiger partial charge in [0.1, 0.15) is 17.9 Å². The maximum Gasteiger partial charge on any atom is 0.325 e. The molecule has 0 saturated carbocycles. The van der Waals surface area contributed by atoms with Crippen molar-refractivity contribution in [3.63, 3.8) is 0 Å². The summed E-state index contributed by atoms with van der Waals surface area (Å²) in [5.74, 6) is 0.123. The molecule has 1 atom stereocenters. The third kappa shape index (κ3) is 3.91. The second kappa shape index (κ2) is 8.23. The van der Waals surface area contributed by atoms with E-state index >= 15 is 0 Å². The van der Waals surface area contributed by atoms with Gasteiger partial charge in [0.2, 0.25) is 5.91 Å². The molecule has 30 heavy (non-hydrogen) atoms. The molecule has 1 aliphatic rings. The van der Waals surface area contributed by atoms with Gasteiger partial charge in [-0.2, -0.15) is 0 Å². The van der Waals surface area contributed by atoms with Crippen LogP contribution in [0.5, 0.6) is 0 Å². The average Bonchev–Trinajstić information content (AvgIpc) is 3.28. The maximum absolute atomic E-state index is 13.0. The van der Waals surface area contributed by atoms with Gasteiger partial charge < -0.3 is 15.1 Å². The van der Waals surface area contributed by atoms with Gasteiger partial charge in [-0.3, -0.25) is 14.5 Å². The first kappa shape index (κ1) is 20.0. The van der Waals surface area contributed by atoms with Crippen molar-refractivity contribution in [2.45, 2.75) is 17.4 Å². The molecule has 1 aliphatic heterocycles. The highest BCUT2D eigenvalue weighted by Gasteiger charge is 2.51. The van der Waals surface area contributed by atoms with Gasteiger partial charge in [0, 0.05) is 22.6 Å². The number of hydrogen-bond donors (Lipinski definition) is 2. The van der Waals surface area contributed by atoms with E-state index in [-0.39, 0.29) is 12.5 Å². The van der Waals surface area contributed by atoms with Crippen molar-refractivity contribution >= 4 is 40.6 Å². The van der Waals surface area contributed by atoms with Gasteiger partial charge in [-0.15, -0.1) is 11.8 Å². The van der Waals surface area contributed by atoms with E-state index in [9.17, 15) is 14.4 Å². The predicted molar refractivity (Wildman–Crippen MR) is 114 cm³/mol. The third-order valence-electron chi connectivity index (χ3n) is 4.93. The standard InChI is InChI=1S/C22H21N3O4S/c1-22(18-13-15-7-5-6-10-17(15)29-18)20(27)25(21(28)24-22)14-19(26)23-11-12-30-16-8-3-2-4-9-16/h2-10,13H,11-12,14H2,1H3,(H,23,26)(H,24,28)/t22-/m0/s1. The number of nitrogens with one attached hydrogen (secondary N) is 2. The van der Waals surface area contributed by atoms with Crippen LogP contribution in [0.3, 0.4) is 0 Å². The molecular formula is C22H21N3O4S. The van der Waals surface area contributed by atoms with Crippen LogP contribution in [0.2, 0.25) is 0 Å². The highest BCUT2D eigenvalue weighted by molar-refractivity contribution is 7.99. The zero-order valence-corrected chi connectivity index (χ0v) is 17.2. The van der Waals surface area contributed by atoms with E-state index in [0.717, 1.165) is 15.2 Å². The van der Waals surface area contributed by atoms with Crippen LogP contribution < -0.4 is 10.6 Å². The van der Waals surface area contributed by atoms with Crippen LogP contribution in [-0.2, 0) is 15.1 Å². The second-order valence-corrected chi connectivity index (χ2v) is 8.27. The number of fused-ring (bicyclic) bond motifs is 1. The van der Waals surface area contributed by atoms with E-state index in [0.29, 0.717) is 23.6 Å². The summed E-state index contributed by atoms with van der Waals surface area (Å²) in [6.07, 6.45) is 0. The van der Waals surface area contributed by atoms with Crippen LogP contribution >= 0.6 is 11.8 Å². The molecule has 2 N–H and O–H groups in total. The van der Waals surface area contributed by atoms with Crippen LogP contribution in [0, 0.1) is 0 Å². The lowest BCUT2D eigenvalue weighted by atomic mass is 9.99. The van der Waals surface area contributed by atoms with Crippen molar-refractivity contribution in [2.75, 3.05) is 18.8 Å². The van der Waals surface area contributed by atoms with E-state index < -0.39 is 17.5 Å². The van der Waals surface area contributed by atoms with Crippen molar-refractivity contribution in [3.8, 4) is 0 Å². The number of carbonyl (C=O) groups excluding carboxylic acids is 3. The van der Waals surface area contributed by atoms with Crippen LogP contribution in [0.15, 0.2) is 70.0 Å². The molecule has 0 spiro atoms. The number of amides is 4. The summed E-state index contributed by atoms with van der Waals surface area (Å²) in [6.45, 7) is 1.68. The Hall–Kier alpha value is -3.26. The normalized spacial score (nSPS) is 18.6. The number of thioether (sulfide) groups is 1. The highest BCUT2D eigenvalue weighted by atomic mass is 32.2. The summed E-state index contributed by atoms with van der Waals surface area (Å²) in [5, 5.41) is 6.25. The summed E-state index contributed by atoms with van der Waals surface area (Å²) in [6, 6.07) is 18.3. The molecular weight excluding hydrogens is 402 g/mol. The molecule has 3 aromatic rings. The molecule has 2 aromatic carbocycles. The Kier molecular flexibility index (Phi) is 5.50. The van der Waals surface area contributed by atoms with E-state index in [1.165, 1.54) is 0 Å². The summed E-state index contributed by atoms with van der Waals surface area (Å²) in [4.78, 5) is 39.7. The lowest BCUT2D eigenvalue weighted by molar-refractivity contribution is -0.135. The van der Waals surface area contributed by atoms with Gasteiger partial charge in [-0.25, -0.2) is 4.79 Å². The third-order valence-corrected chi connectivity index (χ3v) is 5.94. The van der Waals surface area contributed by atoms with Crippen LogP contribution in [0.25, 0.3) is 11.0 Å². The number of hydrogen-bond acceptors (Lipinski definition) is 5. The van der Waals surface area contributed by atoms with Gasteiger partial charge in [-0.1, -0.05) is 36.4 Å². The Bertz CT molecular complexity index is 1060. The smallest absolute Gasteiger partial charge is 0.325 e. The number of carbonyl (C=O) groups is 3. The quantitative estimate of drug-likeness (QED) is 0.346. The summed E-state index contributed by atoms with van der Waals surface area (Å²) >= 11 is 1.62. The molecule has 8 heteroatoms. The van der Waals surface area contributed by atoms with Crippen molar-refractivity contribution in [2.24, 2.45) is 0 Å². The lowest BCUT2D eigenvalue weighted by Gasteiger charge is -2.18. The number of imide groups is 1. The van der Waals surface area contributed by atoms with Crippen LogP contribution in [0.1, 0.15) is 12.7 Å². The molecule has 1 saturated heterocycles. The Labute approximate surface area is 177 Å². The van der Waals surface area contributed by atoms with E-state index in [4.69, 9.17) is 4.42 Å². The number of furan rings is 1. The van der Waals surface area contributed by atoms with Gasteiger partial charge >= 0.3 is 6.03 Å². The van der Waals surface area contributed by atoms with Gasteiger partial charge in [0.05, 0.1) is 0 Å². The first-order valence-corrected chi connectivity index (χ1v) is 10.5. The Balaban J connectivity index is 1.36. The topological polar surface area (TPSA) is 91.7 Å². The minimum Gasteiger partial charge on any atom is -0.458 e. The van der Waals surface area contributed by atoms with Gasteiger partial charge in [-0.05, 0) is 31.2 Å². The summed E-state index contributed by atoms with van der Waals surface area (Å²) < 4.78 is 5.78. The zero-order valence-electron chi connectivity index (χ0n) is 16.4. The Morgan fingerprint density at radius 1 is 1.13 bits per heavy atom. The zero-order chi connectivity index (χ0) is 21.1. The molecule has 4 amide bonds. The number of rotatable bonds is 7. The molecule has 0 radical (unpaired) electrons. The van der Waals surface area contributed by atoms with E-state index in [2.05, 4.69) is 10.6 Å². The van der Waals surface area contributed by atoms with Crippen molar-refractivity contribution in [1.82, 2.24) is 15.5 Å². The minimum atomic E-state index is -1.35. The monoisotopic (exact) mass is 423 g/mol. The molecule has 0 aliphatic carbocycles. The Morgan fingerprint density at radius 3 is 2.63 bits per heavy atom. The number of para-hydroxylation sites is 1. The molecule has 1 fully saturated rings. The van der Waals surface area contributed by atoms with Crippen molar-refractivity contribution in [1.29, 1.82) is 0 Å². The minimum absolute atomic E-state index is 0.337. The largest absolute Gasteiger partial charge is 0.458 e. The summed E-state index contributed by atoms with van der Waals surface area (Å²) in [5.41, 5.74) is -0.720. The fourth-order valence-corrected chi connectivity index (χ4v) is 4.10. The average molecular weight is 423 g/mol. The van der Waals surface area contributed by atoms with Gasteiger partial charge in [0.25, 0.3) is 5.91 Å². The number of benzene rings is 2. The molecule has 154 valence electrons. The van der Waals surface area contributed by atoms with Crippen LogP contribution in [0.4, 0.5) is 4.79 Å². The lowest BCUT2D eigenvalue weighted by Crippen LogP contribution is -2.43. The molecule has 1 aromatic heterocycles. The molecule has 0 bridgehead atoms. The molecule has 0 unspecified atom stereocenters. The predicted octanol–water partition coefficient (Wildman–Crippen LogP) is 3.11. The van der Waals surface area contributed by atoms with Crippen molar-refractivity contribution < 1.29 is 18.8 Å². The SMILES string of the molecule is C[C@@]1(c2cc3ccccc3o2)NC(=O)N(CC(=O)NCCSc2ccccc2)C1=O. The Morgan fingerprint density at radius 2 is 1.87 bits per heavy atom. The molecule has 4 rings (SSSR count). The fourth-order valence-electron chi connectivity index (χ4n) is 3.31. The first-order valence-electron chi connectivity index (χ1n) is 9.55. The first-order chi connectivity index (χ1) is 14.5.